The van der Waals surface area contributed by atoms with Crippen LogP contribution in [0.2, 0.25) is 0 Å². The van der Waals surface area contributed by atoms with E-state index in [4.69, 9.17) is 54.3 Å². The predicted molar refractivity (Wildman–Crippen MR) is 222 cm³/mol. The first kappa shape index (κ1) is 64.1. The molecule has 0 aromatic heterocycles. The molecule has 0 saturated heterocycles. The van der Waals surface area contributed by atoms with Crippen LogP contribution in [0.3, 0.4) is 0 Å². The fourth-order valence-electron chi connectivity index (χ4n) is 2.36. The summed E-state index contributed by atoms with van der Waals surface area (Å²) in [5.41, 5.74) is 0. The van der Waals surface area contributed by atoms with Crippen LogP contribution in [0, 0.1) is 0 Å². The van der Waals surface area contributed by atoms with Crippen LogP contribution in [0.5, 0.6) is 0 Å². The molecule has 0 spiro atoms. The van der Waals surface area contributed by atoms with E-state index < -0.39 is 34.4 Å². The molecule has 0 saturated carbocycles. The van der Waals surface area contributed by atoms with E-state index >= 15 is 0 Å². The van der Waals surface area contributed by atoms with Gasteiger partial charge in [-0.15, -0.1) is 0 Å². The van der Waals surface area contributed by atoms with Crippen molar-refractivity contribution < 1.29 is 74.7 Å². The van der Waals surface area contributed by atoms with Gasteiger partial charge in [-0.3, -0.25) is 0 Å². The van der Waals surface area contributed by atoms with E-state index in [-0.39, 0.29) is 93.7 Å². The molecule has 0 atom stereocenters. The smallest absolute Gasteiger partial charge is 0.309 e. The molecule has 0 aromatic carbocycles. The number of rotatable bonds is 24. The summed E-state index contributed by atoms with van der Waals surface area (Å²) in [7, 11) is -4.72. The molecule has 330 valence electrons. The molecule has 0 rings (SSSR count). The van der Waals surface area contributed by atoms with E-state index in [0.717, 1.165) is 0 Å². The molecule has 17 heteroatoms. The average molecular weight is 939 g/mol. The Balaban J connectivity index is -0.000000192. The summed E-state index contributed by atoms with van der Waals surface area (Å²) in [5.74, 6) is 0. The van der Waals surface area contributed by atoms with E-state index in [1.807, 2.05) is 166 Å². The zero-order valence-electron chi connectivity index (χ0n) is 37.9. The van der Waals surface area contributed by atoms with Crippen molar-refractivity contribution in [2.75, 3.05) is 0 Å². The third-order valence-corrected chi connectivity index (χ3v) is 10.7. The van der Waals surface area contributed by atoms with E-state index in [0.29, 0.717) is 0 Å². The van der Waals surface area contributed by atoms with Crippen molar-refractivity contribution in [3.05, 3.63) is 0 Å². The molecule has 0 heterocycles. The number of hydrogen-bond acceptors (Lipinski definition) is 12. The second-order valence-corrected chi connectivity index (χ2v) is 19.1. The molecule has 0 N–H and O–H groups in total. The SMILES string of the molecule is CC(C)OP(OC(C)C)OC(C)C.CC(C)OP(OC(C)C)OC(C)C.CC(C)OP(OC(C)C)OC(C)C.CC(C)OP(OC(C)C)OC(C)C.[Pd]. The van der Waals surface area contributed by atoms with E-state index in [2.05, 4.69) is 0 Å². The van der Waals surface area contributed by atoms with E-state index in [1.165, 1.54) is 0 Å². The molecule has 0 aromatic rings. The second kappa shape index (κ2) is 39.4. The van der Waals surface area contributed by atoms with Gasteiger partial charge in [-0.1, -0.05) is 0 Å². The van der Waals surface area contributed by atoms with Gasteiger partial charge in [0.15, 0.2) is 0 Å². The molecule has 0 aliphatic carbocycles. The maximum Gasteiger partial charge on any atom is 0.333 e. The maximum atomic E-state index is 5.49. The molecular weight excluding hydrogens is 855 g/mol. The molecule has 12 nitrogen and oxygen atoms in total. The van der Waals surface area contributed by atoms with Crippen LogP contribution in [0.1, 0.15) is 166 Å². The van der Waals surface area contributed by atoms with Crippen LogP contribution in [-0.2, 0) is 74.7 Å². The predicted octanol–water partition coefficient (Wildman–Crippen LogP) is 14.0. The monoisotopic (exact) mass is 938 g/mol. The summed E-state index contributed by atoms with van der Waals surface area (Å²) in [6, 6.07) is 0. The summed E-state index contributed by atoms with van der Waals surface area (Å²) in [6.07, 6.45) is 1.71. The molecule has 0 aliphatic rings. The van der Waals surface area contributed by atoms with Gasteiger partial charge >= 0.3 is 34.4 Å². The van der Waals surface area contributed by atoms with Gasteiger partial charge in [-0.25, -0.2) is 0 Å². The molecule has 0 amide bonds. The first-order chi connectivity index (χ1) is 23.7. The van der Waals surface area contributed by atoms with Crippen molar-refractivity contribution in [2.45, 2.75) is 239 Å². The van der Waals surface area contributed by atoms with Gasteiger partial charge in [0, 0.05) is 20.4 Å². The van der Waals surface area contributed by atoms with Crippen molar-refractivity contribution in [3.63, 3.8) is 0 Å². The Labute approximate surface area is 347 Å². The van der Waals surface area contributed by atoms with E-state index in [1.54, 1.807) is 0 Å². The average Bonchev–Trinajstić information content (AvgIpc) is 2.85. The van der Waals surface area contributed by atoms with Gasteiger partial charge in [0.2, 0.25) is 0 Å². The fourth-order valence-corrected chi connectivity index (χ4v) is 7.09. The molecule has 0 fully saturated rings. The van der Waals surface area contributed by atoms with Gasteiger partial charge in [-0.2, -0.15) is 0 Å². The summed E-state index contributed by atoms with van der Waals surface area (Å²) in [4.78, 5) is 0. The molecule has 53 heavy (non-hydrogen) atoms. The minimum atomic E-state index is -1.18. The van der Waals surface area contributed by atoms with Crippen molar-refractivity contribution in [3.8, 4) is 0 Å². The van der Waals surface area contributed by atoms with Gasteiger partial charge < -0.3 is 54.3 Å². The third kappa shape index (κ3) is 58.3. The summed E-state index contributed by atoms with van der Waals surface area (Å²) < 4.78 is 65.9. The third-order valence-electron chi connectivity index (χ3n) is 3.56. The fraction of sp³-hybridized carbons (Fsp3) is 1.00. The molecule has 0 unspecified atom stereocenters. The Kier molecular flexibility index (Phi) is 47.6. The van der Waals surface area contributed by atoms with Crippen LogP contribution in [0.25, 0.3) is 0 Å². The standard InChI is InChI=1S/4C9H21O3P.Pd/c4*1-7(2)10-13(11-8(3)4)12-9(5)6;/h4*7-9H,1-6H3;. The number of hydrogen-bond donors (Lipinski definition) is 0. The van der Waals surface area contributed by atoms with Crippen molar-refractivity contribution in [1.82, 2.24) is 0 Å². The Morgan fingerprint density at radius 3 is 0.264 bits per heavy atom. The van der Waals surface area contributed by atoms with Gasteiger partial charge in [0.25, 0.3) is 0 Å². The van der Waals surface area contributed by atoms with Crippen LogP contribution in [-0.4, -0.2) is 73.2 Å². The van der Waals surface area contributed by atoms with Crippen molar-refractivity contribution in [1.29, 1.82) is 0 Å². The normalized spacial score (nSPS) is 12.2. The van der Waals surface area contributed by atoms with Gasteiger partial charge in [0.05, 0.1) is 73.2 Å². The quantitative estimate of drug-likeness (QED) is 0.0678. The Bertz CT molecular complexity index is 536. The molecular formula is C36H84O12P4Pd. The largest absolute Gasteiger partial charge is 0.333 e. The Hall–Kier alpha value is 1.90. The zero-order valence-corrected chi connectivity index (χ0v) is 43.1. The minimum Gasteiger partial charge on any atom is -0.309 e. The topological polar surface area (TPSA) is 111 Å². The van der Waals surface area contributed by atoms with Crippen LogP contribution in [0.15, 0.2) is 0 Å². The van der Waals surface area contributed by atoms with Crippen LogP contribution >= 0.6 is 34.4 Å². The molecule has 0 radical (unpaired) electrons. The first-order valence-electron chi connectivity index (χ1n) is 18.9. The van der Waals surface area contributed by atoms with E-state index in [9.17, 15) is 0 Å². The van der Waals surface area contributed by atoms with Gasteiger partial charge in [-0.05, 0) is 166 Å². The summed E-state index contributed by atoms with van der Waals surface area (Å²) in [5, 5.41) is 0. The van der Waals surface area contributed by atoms with Crippen LogP contribution < -0.4 is 0 Å². The van der Waals surface area contributed by atoms with Gasteiger partial charge in [0.1, 0.15) is 0 Å². The summed E-state index contributed by atoms with van der Waals surface area (Å²) in [6.45, 7) is 47.4. The molecule has 0 aliphatic heterocycles. The van der Waals surface area contributed by atoms with Crippen molar-refractivity contribution in [2.24, 2.45) is 0 Å². The second-order valence-electron chi connectivity index (χ2n) is 14.7. The Morgan fingerprint density at radius 1 is 0.170 bits per heavy atom. The zero-order chi connectivity index (χ0) is 41.7. The minimum absolute atomic E-state index is 0. The molecule has 0 bridgehead atoms. The van der Waals surface area contributed by atoms with Crippen molar-refractivity contribution >= 4 is 34.4 Å². The first-order valence-corrected chi connectivity index (χ1v) is 23.3. The van der Waals surface area contributed by atoms with Crippen LogP contribution in [0.4, 0.5) is 0 Å². The Morgan fingerprint density at radius 2 is 0.226 bits per heavy atom. The maximum absolute atomic E-state index is 5.49. The summed E-state index contributed by atoms with van der Waals surface area (Å²) >= 11 is 0.